The van der Waals surface area contributed by atoms with Crippen LogP contribution in [0, 0.1) is 0 Å². The average molecular weight is 647 g/mol. The number of thioether (sulfide) groups is 2. The molecule has 2 saturated heterocycles. The van der Waals surface area contributed by atoms with Crippen molar-refractivity contribution in [3.05, 3.63) is 168 Å². The number of hydrogen-bond acceptors (Lipinski definition) is 4. The van der Waals surface area contributed by atoms with E-state index in [0.29, 0.717) is 10.5 Å². The maximum atomic E-state index is 6.52. The molecule has 2 atom stereocenters. The lowest BCUT2D eigenvalue weighted by atomic mass is 9.67. The lowest BCUT2D eigenvalue weighted by molar-refractivity contribution is 0.331. The second-order valence-corrected chi connectivity index (χ2v) is 15.2. The molecule has 0 radical (unpaired) electrons. The van der Waals surface area contributed by atoms with E-state index in [0.717, 1.165) is 47.0 Å². The van der Waals surface area contributed by atoms with Gasteiger partial charge in [-0.15, -0.1) is 0 Å². The Morgan fingerprint density at radius 2 is 0.872 bits per heavy atom. The summed E-state index contributed by atoms with van der Waals surface area (Å²) in [6, 6.07) is 53.1. The van der Waals surface area contributed by atoms with Gasteiger partial charge in [0.15, 0.2) is 0 Å². The summed E-state index contributed by atoms with van der Waals surface area (Å²) in [5.41, 5.74) is 11.6. The molecule has 47 heavy (non-hydrogen) atoms. The van der Waals surface area contributed by atoms with Gasteiger partial charge in [-0.1, -0.05) is 121 Å². The normalized spacial score (nSPS) is 18.2. The van der Waals surface area contributed by atoms with Crippen molar-refractivity contribution in [2.45, 2.75) is 15.9 Å². The van der Waals surface area contributed by atoms with Crippen molar-refractivity contribution >= 4 is 23.5 Å². The van der Waals surface area contributed by atoms with E-state index in [-0.39, 0.29) is 0 Å². The zero-order valence-corrected chi connectivity index (χ0v) is 27.6. The highest BCUT2D eigenvalue weighted by molar-refractivity contribution is 8.07. The first kappa shape index (κ1) is 28.8. The zero-order chi connectivity index (χ0) is 31.2. The number of rotatable bonds is 10. The topological polar surface area (TPSA) is 18.5 Å². The fraction of sp³-hybridized carbons (Fsp3) is 0.163. The Bertz CT molecular complexity index is 1920. The molecule has 1 aliphatic carbocycles. The molecule has 2 fully saturated rings. The predicted octanol–water partition coefficient (Wildman–Crippen LogP) is 10.4. The second kappa shape index (κ2) is 12.0. The van der Waals surface area contributed by atoms with Gasteiger partial charge in [0, 0.05) is 33.1 Å². The Morgan fingerprint density at radius 1 is 0.468 bits per heavy atom. The van der Waals surface area contributed by atoms with E-state index in [1.807, 2.05) is 23.5 Å². The van der Waals surface area contributed by atoms with Crippen molar-refractivity contribution in [2.24, 2.45) is 0 Å². The van der Waals surface area contributed by atoms with E-state index in [1.165, 1.54) is 44.9 Å². The predicted molar refractivity (Wildman–Crippen MR) is 198 cm³/mol. The Hall–Kier alpha value is -4.38. The van der Waals surface area contributed by atoms with Gasteiger partial charge >= 0.3 is 0 Å². The van der Waals surface area contributed by atoms with E-state index < -0.39 is 5.41 Å². The van der Waals surface area contributed by atoms with Crippen LogP contribution in [0.2, 0.25) is 0 Å². The summed E-state index contributed by atoms with van der Waals surface area (Å²) in [6.45, 7) is 1.48. The first-order valence-corrected chi connectivity index (χ1v) is 18.5. The van der Waals surface area contributed by atoms with Crippen LogP contribution in [-0.2, 0) is 5.41 Å². The van der Waals surface area contributed by atoms with E-state index in [2.05, 4.69) is 146 Å². The van der Waals surface area contributed by atoms with Crippen LogP contribution < -0.4 is 9.47 Å². The van der Waals surface area contributed by atoms with Crippen molar-refractivity contribution in [1.29, 1.82) is 0 Å². The van der Waals surface area contributed by atoms with Crippen LogP contribution in [0.1, 0.15) is 22.3 Å². The average Bonchev–Trinajstić information content (AvgIpc) is 4.09. The van der Waals surface area contributed by atoms with Gasteiger partial charge in [-0.25, -0.2) is 0 Å². The molecule has 2 nitrogen and oxygen atoms in total. The van der Waals surface area contributed by atoms with Gasteiger partial charge in [0.25, 0.3) is 0 Å². The quantitative estimate of drug-likeness (QED) is 0.138. The molecule has 0 spiro atoms. The smallest absolute Gasteiger partial charge is 0.127 e. The zero-order valence-electron chi connectivity index (χ0n) is 26.0. The molecule has 4 heteroatoms. The van der Waals surface area contributed by atoms with Crippen LogP contribution in [0.5, 0.6) is 11.5 Å². The lowest BCUT2D eigenvalue weighted by Crippen LogP contribution is -2.29. The van der Waals surface area contributed by atoms with Crippen molar-refractivity contribution in [3.63, 3.8) is 0 Å². The first-order chi connectivity index (χ1) is 23.3. The minimum Gasteiger partial charge on any atom is -0.492 e. The third-order valence-corrected chi connectivity index (χ3v) is 11.5. The fourth-order valence-corrected chi connectivity index (χ4v) is 7.98. The van der Waals surface area contributed by atoms with E-state index in [4.69, 9.17) is 9.47 Å². The molecule has 0 bridgehead atoms. The van der Waals surface area contributed by atoms with Gasteiger partial charge in [-0.3, -0.25) is 0 Å². The van der Waals surface area contributed by atoms with Crippen LogP contribution in [0.15, 0.2) is 146 Å². The number of benzene rings is 6. The molecule has 0 amide bonds. The van der Waals surface area contributed by atoms with Crippen LogP contribution >= 0.6 is 23.5 Å². The van der Waals surface area contributed by atoms with Gasteiger partial charge in [0.1, 0.15) is 24.7 Å². The molecule has 2 aliphatic heterocycles. The fourth-order valence-electron chi connectivity index (χ4n) is 7.18. The lowest BCUT2D eigenvalue weighted by Gasteiger charge is -2.35. The summed E-state index contributed by atoms with van der Waals surface area (Å²) < 4.78 is 13.0. The Labute approximate surface area is 285 Å². The van der Waals surface area contributed by atoms with Crippen molar-refractivity contribution in [1.82, 2.24) is 0 Å². The monoisotopic (exact) mass is 646 g/mol. The van der Waals surface area contributed by atoms with Crippen LogP contribution in [-0.4, -0.2) is 35.2 Å². The minimum atomic E-state index is -0.546. The molecule has 230 valence electrons. The molecular formula is C43H34O2S2. The molecule has 0 saturated carbocycles. The molecular weight excluding hydrogens is 613 g/mol. The maximum Gasteiger partial charge on any atom is 0.127 e. The SMILES string of the molecule is c1ccc(-c2cc(C3(c4ccc(OCC5CS5)c(-c5ccccc5)c4)c4ccccc4-c4ccccc43)ccc2OCC2CS2)cc1. The van der Waals surface area contributed by atoms with E-state index >= 15 is 0 Å². The summed E-state index contributed by atoms with van der Waals surface area (Å²) in [4.78, 5) is 0. The number of ether oxygens (including phenoxy) is 2. The number of hydrogen-bond donors (Lipinski definition) is 0. The summed E-state index contributed by atoms with van der Waals surface area (Å²) in [5.74, 6) is 4.24. The van der Waals surface area contributed by atoms with Gasteiger partial charge in [0.2, 0.25) is 0 Å². The van der Waals surface area contributed by atoms with E-state index in [9.17, 15) is 0 Å². The summed E-state index contributed by atoms with van der Waals surface area (Å²) in [6.07, 6.45) is 0. The standard InChI is InChI=1S/C43H34O2S2/c1-3-11-29(12-4-1)37-23-31(19-21-41(37)44-25-33-27-46-33)43(39-17-9-7-15-35(39)36-16-8-10-18-40(36)43)32-20-22-42(45-26-34-28-47-34)38(24-32)30-13-5-2-6-14-30/h1-24,33-34H,25-28H2. The molecule has 0 aromatic heterocycles. The molecule has 9 rings (SSSR count). The van der Waals surface area contributed by atoms with Crippen molar-refractivity contribution in [2.75, 3.05) is 24.7 Å². The third-order valence-electron chi connectivity index (χ3n) is 9.60. The van der Waals surface area contributed by atoms with Crippen LogP contribution in [0.4, 0.5) is 0 Å². The summed E-state index contributed by atoms with van der Waals surface area (Å²) in [7, 11) is 0. The minimum absolute atomic E-state index is 0.546. The number of fused-ring (bicyclic) bond motifs is 3. The largest absolute Gasteiger partial charge is 0.492 e. The van der Waals surface area contributed by atoms with Gasteiger partial charge < -0.3 is 9.47 Å². The highest BCUT2D eigenvalue weighted by atomic mass is 32.2. The summed E-state index contributed by atoms with van der Waals surface area (Å²) >= 11 is 3.93. The van der Waals surface area contributed by atoms with Crippen LogP contribution in [0.3, 0.4) is 0 Å². The van der Waals surface area contributed by atoms with Crippen molar-refractivity contribution < 1.29 is 9.47 Å². The Kier molecular flexibility index (Phi) is 7.36. The van der Waals surface area contributed by atoms with Crippen LogP contribution in [0.25, 0.3) is 33.4 Å². The Morgan fingerprint density at radius 3 is 1.30 bits per heavy atom. The molecule has 6 aromatic carbocycles. The van der Waals surface area contributed by atoms with Gasteiger partial charge in [-0.05, 0) is 68.8 Å². The Balaban J connectivity index is 1.30. The van der Waals surface area contributed by atoms with Crippen molar-refractivity contribution in [3.8, 4) is 44.9 Å². The third kappa shape index (κ3) is 5.24. The highest BCUT2D eigenvalue weighted by Gasteiger charge is 2.46. The molecule has 2 unspecified atom stereocenters. The highest BCUT2D eigenvalue weighted by Crippen LogP contribution is 2.57. The molecule has 0 N–H and O–H groups in total. The molecule has 3 aliphatic rings. The first-order valence-electron chi connectivity index (χ1n) is 16.4. The second-order valence-electron chi connectivity index (χ2n) is 12.5. The molecule has 2 heterocycles. The maximum absolute atomic E-state index is 6.52. The summed E-state index contributed by atoms with van der Waals surface area (Å²) in [5, 5.41) is 1.18. The van der Waals surface area contributed by atoms with Gasteiger partial charge in [0.05, 0.1) is 5.41 Å². The van der Waals surface area contributed by atoms with Gasteiger partial charge in [-0.2, -0.15) is 23.5 Å². The molecule has 6 aromatic rings. The van der Waals surface area contributed by atoms with E-state index in [1.54, 1.807) is 0 Å².